The minimum Gasteiger partial charge on any atom is -0.368 e. The van der Waals surface area contributed by atoms with E-state index in [1.807, 2.05) is 11.4 Å². The second kappa shape index (κ2) is 6.74. The van der Waals surface area contributed by atoms with Crippen molar-refractivity contribution in [3.8, 4) is 6.07 Å². The highest BCUT2D eigenvalue weighted by molar-refractivity contribution is 5.97. The highest BCUT2D eigenvalue weighted by Gasteiger charge is 2.25. The highest BCUT2D eigenvalue weighted by Crippen LogP contribution is 2.15. The summed E-state index contributed by atoms with van der Waals surface area (Å²) >= 11 is 0. The second-order valence-electron chi connectivity index (χ2n) is 4.44. The van der Waals surface area contributed by atoms with E-state index < -0.39 is 46.8 Å². The van der Waals surface area contributed by atoms with Gasteiger partial charge in [-0.15, -0.1) is 0 Å². The first-order valence-electron chi connectivity index (χ1n) is 5.90. The molecule has 112 valence electrons. The minimum absolute atomic E-state index is 0.109. The molecule has 5 nitrogen and oxygen atoms in total. The molecule has 8 heteroatoms. The van der Waals surface area contributed by atoms with Crippen LogP contribution in [0.25, 0.3) is 0 Å². The van der Waals surface area contributed by atoms with E-state index in [1.54, 1.807) is 0 Å². The molecule has 1 aromatic carbocycles. The molecule has 0 saturated heterocycles. The van der Waals surface area contributed by atoms with Crippen LogP contribution in [0.2, 0.25) is 0 Å². The van der Waals surface area contributed by atoms with E-state index in [4.69, 9.17) is 11.0 Å². The van der Waals surface area contributed by atoms with Crippen molar-refractivity contribution in [1.82, 2.24) is 5.32 Å². The highest BCUT2D eigenvalue weighted by atomic mass is 19.1. The summed E-state index contributed by atoms with van der Waals surface area (Å²) in [5.74, 6) is -6.78. The quantitative estimate of drug-likeness (QED) is 0.856. The van der Waals surface area contributed by atoms with Crippen molar-refractivity contribution in [1.29, 1.82) is 5.26 Å². The third kappa shape index (κ3) is 4.21. The van der Waals surface area contributed by atoms with Crippen LogP contribution in [0.1, 0.15) is 23.7 Å². The van der Waals surface area contributed by atoms with Gasteiger partial charge in [0.05, 0.1) is 6.07 Å². The minimum atomic E-state index is -1.40. The van der Waals surface area contributed by atoms with Crippen LogP contribution >= 0.6 is 0 Å². The summed E-state index contributed by atoms with van der Waals surface area (Å²) in [7, 11) is 0. The van der Waals surface area contributed by atoms with Gasteiger partial charge in [-0.1, -0.05) is 0 Å². The Kier molecular flexibility index (Phi) is 5.30. The zero-order valence-electron chi connectivity index (χ0n) is 11.0. The molecule has 0 bridgehead atoms. The number of nitrogens with one attached hydrogen (secondary N) is 1. The summed E-state index contributed by atoms with van der Waals surface area (Å²) in [6.45, 7) is 1.49. The third-order valence-corrected chi connectivity index (χ3v) is 2.69. The van der Waals surface area contributed by atoms with Gasteiger partial charge in [-0.2, -0.15) is 5.26 Å². The number of hydrogen-bond acceptors (Lipinski definition) is 3. The lowest BCUT2D eigenvalue weighted by atomic mass is 10.0. The lowest BCUT2D eigenvalue weighted by molar-refractivity contribution is -0.120. The first-order chi connectivity index (χ1) is 9.76. The molecule has 3 N–H and O–H groups in total. The number of benzene rings is 1. The molecule has 2 amide bonds. The number of carbonyl (C=O) groups excluding carboxylic acids is 2. The fourth-order valence-electron chi connectivity index (χ4n) is 1.64. The van der Waals surface area contributed by atoms with Crippen LogP contribution in [-0.2, 0) is 4.79 Å². The Morgan fingerprint density at radius 1 is 1.33 bits per heavy atom. The zero-order chi connectivity index (χ0) is 16.2. The standard InChI is InChI=1S/C13H12F3N3O2/c1-6(5-17)2-10(12(18)20)19-13(21)11-8(15)3-7(14)4-9(11)16/h3-4,6,10H,2H2,1H3,(H2,18,20)(H,19,21)/t6-,10-/m1/s1. The lowest BCUT2D eigenvalue weighted by Gasteiger charge is -2.16. The zero-order valence-corrected chi connectivity index (χ0v) is 11.0. The van der Waals surface area contributed by atoms with E-state index in [2.05, 4.69) is 0 Å². The maximum atomic E-state index is 13.4. The Labute approximate surface area is 118 Å². The number of carbonyl (C=O) groups is 2. The summed E-state index contributed by atoms with van der Waals surface area (Å²) < 4.78 is 39.6. The van der Waals surface area contributed by atoms with Gasteiger partial charge >= 0.3 is 0 Å². The SMILES string of the molecule is C[C@@H](C#N)C[C@@H](NC(=O)c1c(F)cc(F)cc1F)C(N)=O. The fraction of sp³-hybridized carbons (Fsp3) is 0.308. The van der Waals surface area contributed by atoms with Crippen LogP contribution < -0.4 is 11.1 Å². The summed E-state index contributed by atoms with van der Waals surface area (Å²) in [5, 5.41) is 10.7. The van der Waals surface area contributed by atoms with Gasteiger partial charge in [0.15, 0.2) is 0 Å². The van der Waals surface area contributed by atoms with Gasteiger partial charge in [0.25, 0.3) is 5.91 Å². The van der Waals surface area contributed by atoms with Gasteiger partial charge in [0, 0.05) is 18.1 Å². The van der Waals surface area contributed by atoms with Gasteiger partial charge in [0.2, 0.25) is 5.91 Å². The molecule has 0 aliphatic rings. The van der Waals surface area contributed by atoms with Gasteiger partial charge < -0.3 is 11.1 Å². The third-order valence-electron chi connectivity index (χ3n) is 2.69. The summed E-state index contributed by atoms with van der Waals surface area (Å²) in [4.78, 5) is 23.0. The van der Waals surface area contributed by atoms with Crippen LogP contribution in [0.4, 0.5) is 13.2 Å². The largest absolute Gasteiger partial charge is 0.368 e. The smallest absolute Gasteiger partial charge is 0.257 e. The number of rotatable bonds is 5. The Balaban J connectivity index is 2.98. The van der Waals surface area contributed by atoms with Crippen molar-refractivity contribution in [3.05, 3.63) is 35.1 Å². The first kappa shape index (κ1) is 16.5. The number of hydrogen-bond donors (Lipinski definition) is 2. The molecule has 0 aliphatic heterocycles. The van der Waals surface area contributed by atoms with E-state index in [-0.39, 0.29) is 6.42 Å². The number of primary amides is 1. The molecular formula is C13H12F3N3O2. The molecule has 0 aliphatic carbocycles. The van der Waals surface area contributed by atoms with Crippen LogP contribution in [0.15, 0.2) is 12.1 Å². The van der Waals surface area contributed by atoms with Gasteiger partial charge in [-0.3, -0.25) is 9.59 Å². The first-order valence-corrected chi connectivity index (χ1v) is 5.90. The van der Waals surface area contributed by atoms with Crippen LogP contribution in [0.5, 0.6) is 0 Å². The van der Waals surface area contributed by atoms with Gasteiger partial charge in [-0.25, -0.2) is 13.2 Å². The Morgan fingerprint density at radius 3 is 2.29 bits per heavy atom. The topological polar surface area (TPSA) is 96.0 Å². The molecule has 0 heterocycles. The van der Waals surface area contributed by atoms with Crippen molar-refractivity contribution in [2.45, 2.75) is 19.4 Å². The molecule has 0 radical (unpaired) electrons. The van der Waals surface area contributed by atoms with Crippen molar-refractivity contribution in [2.75, 3.05) is 0 Å². The number of halogens is 3. The van der Waals surface area contributed by atoms with Crippen molar-refractivity contribution >= 4 is 11.8 Å². The Morgan fingerprint density at radius 2 is 1.86 bits per heavy atom. The summed E-state index contributed by atoms with van der Waals surface area (Å²) in [5.41, 5.74) is 4.03. The lowest BCUT2D eigenvalue weighted by Crippen LogP contribution is -2.45. The average Bonchev–Trinajstić information content (AvgIpc) is 2.36. The average molecular weight is 299 g/mol. The van der Waals surface area contributed by atoms with Gasteiger partial charge in [-0.05, 0) is 13.3 Å². The van der Waals surface area contributed by atoms with E-state index in [0.717, 1.165) is 0 Å². The molecule has 0 spiro atoms. The Hall–Kier alpha value is -2.56. The molecular weight excluding hydrogens is 287 g/mol. The van der Waals surface area contributed by atoms with E-state index in [0.29, 0.717) is 12.1 Å². The number of nitrogens with two attached hydrogens (primary N) is 1. The fourth-order valence-corrected chi connectivity index (χ4v) is 1.64. The normalized spacial score (nSPS) is 13.1. The van der Waals surface area contributed by atoms with Gasteiger partial charge in [0.1, 0.15) is 29.1 Å². The van der Waals surface area contributed by atoms with Crippen LogP contribution in [0.3, 0.4) is 0 Å². The molecule has 21 heavy (non-hydrogen) atoms. The molecule has 0 unspecified atom stereocenters. The maximum Gasteiger partial charge on any atom is 0.257 e. The molecule has 0 saturated carbocycles. The van der Waals surface area contributed by atoms with Crippen LogP contribution in [0, 0.1) is 34.7 Å². The van der Waals surface area contributed by atoms with Crippen molar-refractivity contribution < 1.29 is 22.8 Å². The monoisotopic (exact) mass is 299 g/mol. The van der Waals surface area contributed by atoms with E-state index in [9.17, 15) is 22.8 Å². The summed E-state index contributed by atoms with van der Waals surface area (Å²) in [6.07, 6.45) is -0.109. The number of amides is 2. The van der Waals surface area contributed by atoms with Crippen molar-refractivity contribution in [2.24, 2.45) is 11.7 Å². The summed E-state index contributed by atoms with van der Waals surface area (Å²) in [6, 6.07) is 1.25. The molecule has 2 atom stereocenters. The number of nitrogens with zero attached hydrogens (tertiary/aromatic N) is 1. The molecule has 0 fully saturated rings. The second-order valence-corrected chi connectivity index (χ2v) is 4.44. The number of nitriles is 1. The maximum absolute atomic E-state index is 13.4. The predicted molar refractivity (Wildman–Crippen MR) is 66.2 cm³/mol. The molecule has 1 rings (SSSR count). The van der Waals surface area contributed by atoms with E-state index >= 15 is 0 Å². The molecule has 0 aromatic heterocycles. The van der Waals surface area contributed by atoms with E-state index in [1.165, 1.54) is 6.92 Å². The predicted octanol–water partition coefficient (Wildman–Crippen LogP) is 1.24. The molecule has 1 aromatic rings. The van der Waals surface area contributed by atoms with Crippen molar-refractivity contribution in [3.63, 3.8) is 0 Å². The van der Waals surface area contributed by atoms with Crippen LogP contribution in [-0.4, -0.2) is 17.9 Å². The Bertz CT molecular complexity index is 590.